The molecule has 1 aromatic rings. The van der Waals surface area contributed by atoms with Crippen LogP contribution in [0.5, 0.6) is 0 Å². The molecule has 0 saturated heterocycles. The smallest absolute Gasteiger partial charge is 0.251 e. The van der Waals surface area contributed by atoms with Crippen molar-refractivity contribution in [2.24, 2.45) is 5.92 Å². The van der Waals surface area contributed by atoms with Crippen LogP contribution in [0.15, 0.2) is 18.2 Å². The number of carbonyl (C=O) groups is 2. The van der Waals surface area contributed by atoms with Gasteiger partial charge in [-0.15, -0.1) is 0 Å². The summed E-state index contributed by atoms with van der Waals surface area (Å²) < 4.78 is 26.2. The Hall–Kier alpha value is -1.98. The second-order valence-corrected chi connectivity index (χ2v) is 5.46. The van der Waals surface area contributed by atoms with E-state index in [-0.39, 0.29) is 18.0 Å². The van der Waals surface area contributed by atoms with Gasteiger partial charge in [0.2, 0.25) is 5.91 Å². The van der Waals surface area contributed by atoms with Crippen LogP contribution >= 0.6 is 0 Å². The number of amides is 2. The Morgan fingerprint density at radius 2 is 1.65 bits per heavy atom. The van der Waals surface area contributed by atoms with Gasteiger partial charge in [-0.3, -0.25) is 9.59 Å². The van der Waals surface area contributed by atoms with E-state index in [1.807, 2.05) is 6.92 Å². The lowest BCUT2D eigenvalue weighted by Gasteiger charge is -2.25. The lowest BCUT2D eigenvalue weighted by Crippen LogP contribution is -2.42. The van der Waals surface area contributed by atoms with Crippen LogP contribution in [0, 0.1) is 17.6 Å². The predicted octanol–water partition coefficient (Wildman–Crippen LogP) is 2.98. The van der Waals surface area contributed by atoms with Crippen molar-refractivity contribution in [1.82, 2.24) is 10.2 Å². The fourth-order valence-corrected chi connectivity index (χ4v) is 2.32. The lowest BCUT2D eigenvalue weighted by atomic mass is 10.0. The quantitative estimate of drug-likeness (QED) is 0.798. The summed E-state index contributed by atoms with van der Waals surface area (Å²) in [7, 11) is 0. The SMILES string of the molecule is CCC(CC)CN(CC)C(=O)CNC(=O)c1cc(F)cc(F)c1. The van der Waals surface area contributed by atoms with Crippen LogP contribution in [0.4, 0.5) is 8.78 Å². The van der Waals surface area contributed by atoms with Gasteiger partial charge in [0.1, 0.15) is 11.6 Å². The average molecular weight is 326 g/mol. The van der Waals surface area contributed by atoms with Gasteiger partial charge in [-0.05, 0) is 25.0 Å². The molecule has 0 bridgehead atoms. The van der Waals surface area contributed by atoms with Crippen molar-refractivity contribution in [2.75, 3.05) is 19.6 Å². The highest BCUT2D eigenvalue weighted by molar-refractivity contribution is 5.96. The van der Waals surface area contributed by atoms with Crippen molar-refractivity contribution in [1.29, 1.82) is 0 Å². The second-order valence-electron chi connectivity index (χ2n) is 5.46. The topological polar surface area (TPSA) is 49.4 Å². The van der Waals surface area contributed by atoms with E-state index in [4.69, 9.17) is 0 Å². The Labute approximate surface area is 135 Å². The molecule has 2 amide bonds. The Balaban J connectivity index is 2.61. The van der Waals surface area contributed by atoms with Crippen LogP contribution in [-0.4, -0.2) is 36.3 Å². The molecule has 1 aromatic carbocycles. The number of likely N-dealkylation sites (N-methyl/N-ethyl adjacent to an activating group) is 1. The summed E-state index contributed by atoms with van der Waals surface area (Å²) in [5.74, 6) is -2.11. The summed E-state index contributed by atoms with van der Waals surface area (Å²) in [6, 6.07) is 2.56. The van der Waals surface area contributed by atoms with Crippen molar-refractivity contribution in [2.45, 2.75) is 33.6 Å². The summed E-state index contributed by atoms with van der Waals surface area (Å²) in [4.78, 5) is 25.7. The van der Waals surface area contributed by atoms with E-state index < -0.39 is 17.5 Å². The molecular formula is C17H24F2N2O2. The van der Waals surface area contributed by atoms with E-state index in [1.54, 1.807) is 4.90 Å². The molecule has 23 heavy (non-hydrogen) atoms. The first-order chi connectivity index (χ1) is 10.9. The Morgan fingerprint density at radius 1 is 1.09 bits per heavy atom. The Bertz CT molecular complexity index is 525. The van der Waals surface area contributed by atoms with E-state index in [0.29, 0.717) is 25.1 Å². The van der Waals surface area contributed by atoms with Gasteiger partial charge in [0.15, 0.2) is 0 Å². The minimum absolute atomic E-state index is 0.140. The molecule has 4 nitrogen and oxygen atoms in total. The number of hydrogen-bond acceptors (Lipinski definition) is 2. The molecule has 128 valence electrons. The molecule has 1 N–H and O–H groups in total. The molecule has 0 fully saturated rings. The third kappa shape index (κ3) is 5.96. The molecule has 0 spiro atoms. The van der Waals surface area contributed by atoms with Crippen LogP contribution in [0.25, 0.3) is 0 Å². The maximum Gasteiger partial charge on any atom is 0.251 e. The molecular weight excluding hydrogens is 302 g/mol. The zero-order valence-electron chi connectivity index (χ0n) is 13.9. The first-order valence-electron chi connectivity index (χ1n) is 7.93. The van der Waals surface area contributed by atoms with Gasteiger partial charge in [0, 0.05) is 24.7 Å². The maximum atomic E-state index is 13.1. The number of carbonyl (C=O) groups excluding carboxylic acids is 2. The monoisotopic (exact) mass is 326 g/mol. The number of rotatable bonds is 8. The minimum atomic E-state index is -0.828. The fraction of sp³-hybridized carbons (Fsp3) is 0.529. The van der Waals surface area contributed by atoms with Crippen LogP contribution < -0.4 is 5.32 Å². The summed E-state index contributed by atoms with van der Waals surface area (Å²) in [6.45, 7) is 7.04. The Morgan fingerprint density at radius 3 is 2.13 bits per heavy atom. The van der Waals surface area contributed by atoms with Crippen LogP contribution in [0.2, 0.25) is 0 Å². The van der Waals surface area contributed by atoms with Gasteiger partial charge in [-0.2, -0.15) is 0 Å². The summed E-state index contributed by atoms with van der Waals surface area (Å²) in [6.07, 6.45) is 1.96. The number of nitrogens with one attached hydrogen (secondary N) is 1. The normalized spacial score (nSPS) is 10.7. The number of nitrogens with zero attached hydrogens (tertiary/aromatic N) is 1. The molecule has 0 atom stereocenters. The van der Waals surface area contributed by atoms with Crippen molar-refractivity contribution < 1.29 is 18.4 Å². The number of benzene rings is 1. The van der Waals surface area contributed by atoms with Gasteiger partial charge in [-0.1, -0.05) is 26.7 Å². The molecule has 0 unspecified atom stereocenters. The summed E-state index contributed by atoms with van der Waals surface area (Å²) >= 11 is 0. The molecule has 0 aromatic heterocycles. The zero-order chi connectivity index (χ0) is 17.4. The molecule has 0 aliphatic heterocycles. The third-order valence-electron chi connectivity index (χ3n) is 3.89. The van der Waals surface area contributed by atoms with Crippen molar-refractivity contribution in [3.63, 3.8) is 0 Å². The summed E-state index contributed by atoms with van der Waals surface area (Å²) in [5, 5.41) is 2.41. The molecule has 0 radical (unpaired) electrons. The van der Waals surface area contributed by atoms with Crippen LogP contribution in [-0.2, 0) is 4.79 Å². The third-order valence-corrected chi connectivity index (χ3v) is 3.89. The summed E-state index contributed by atoms with van der Waals surface area (Å²) in [5.41, 5.74) is -0.140. The highest BCUT2D eigenvalue weighted by atomic mass is 19.1. The molecule has 6 heteroatoms. The van der Waals surface area contributed by atoms with E-state index in [0.717, 1.165) is 25.0 Å². The fourth-order valence-electron chi connectivity index (χ4n) is 2.32. The van der Waals surface area contributed by atoms with Crippen molar-refractivity contribution in [3.8, 4) is 0 Å². The van der Waals surface area contributed by atoms with Crippen LogP contribution in [0.3, 0.4) is 0 Å². The lowest BCUT2D eigenvalue weighted by molar-refractivity contribution is -0.130. The zero-order valence-corrected chi connectivity index (χ0v) is 13.9. The van der Waals surface area contributed by atoms with E-state index in [1.165, 1.54) is 0 Å². The highest BCUT2D eigenvalue weighted by Crippen LogP contribution is 2.10. The maximum absolute atomic E-state index is 13.1. The van der Waals surface area contributed by atoms with Gasteiger partial charge in [-0.25, -0.2) is 8.78 Å². The van der Waals surface area contributed by atoms with Gasteiger partial charge < -0.3 is 10.2 Å². The van der Waals surface area contributed by atoms with E-state index in [2.05, 4.69) is 19.2 Å². The molecule has 0 heterocycles. The average Bonchev–Trinajstić information content (AvgIpc) is 2.52. The van der Waals surface area contributed by atoms with Gasteiger partial charge in [0.25, 0.3) is 5.91 Å². The largest absolute Gasteiger partial charge is 0.343 e. The minimum Gasteiger partial charge on any atom is -0.343 e. The predicted molar refractivity (Wildman–Crippen MR) is 85.0 cm³/mol. The van der Waals surface area contributed by atoms with Crippen LogP contribution in [0.1, 0.15) is 44.0 Å². The first-order valence-corrected chi connectivity index (χ1v) is 7.93. The van der Waals surface area contributed by atoms with Crippen molar-refractivity contribution >= 4 is 11.8 Å². The Kier molecular flexibility index (Phi) is 7.65. The molecule has 0 aliphatic carbocycles. The second kappa shape index (κ2) is 9.22. The van der Waals surface area contributed by atoms with E-state index >= 15 is 0 Å². The first kappa shape index (κ1) is 19.1. The van der Waals surface area contributed by atoms with Gasteiger partial charge in [0.05, 0.1) is 6.54 Å². The van der Waals surface area contributed by atoms with Gasteiger partial charge >= 0.3 is 0 Å². The van der Waals surface area contributed by atoms with E-state index in [9.17, 15) is 18.4 Å². The number of hydrogen-bond donors (Lipinski definition) is 1. The standard InChI is InChI=1S/C17H24F2N2O2/c1-4-12(5-2)11-21(6-3)16(22)10-20-17(23)13-7-14(18)9-15(19)8-13/h7-9,12H,4-6,10-11H2,1-3H3,(H,20,23). The number of halogens is 2. The molecule has 0 aliphatic rings. The molecule has 1 rings (SSSR count). The highest BCUT2D eigenvalue weighted by Gasteiger charge is 2.17. The van der Waals surface area contributed by atoms with Crippen molar-refractivity contribution in [3.05, 3.63) is 35.4 Å². The molecule has 0 saturated carbocycles.